The van der Waals surface area contributed by atoms with Gasteiger partial charge in [0.2, 0.25) is 5.91 Å². The third-order valence-electron chi connectivity index (χ3n) is 6.88. The number of carbonyl (C=O) groups excluding carboxylic acids is 5. The van der Waals surface area contributed by atoms with Gasteiger partial charge in [-0.2, -0.15) is 0 Å². The van der Waals surface area contributed by atoms with Crippen LogP contribution in [0, 0.1) is 0 Å². The molecule has 4 fully saturated rings. The average Bonchev–Trinajstić information content (AvgIpc) is 3.38. The second-order valence-corrected chi connectivity index (χ2v) is 8.86. The van der Waals surface area contributed by atoms with Gasteiger partial charge in [0, 0.05) is 52.2 Å². The Balaban J connectivity index is 1.19. The van der Waals surface area contributed by atoms with E-state index in [1.54, 1.807) is 4.90 Å². The van der Waals surface area contributed by atoms with Gasteiger partial charge in [-0.1, -0.05) is 12.8 Å². The molecule has 0 bridgehead atoms. The quantitative estimate of drug-likeness (QED) is 0.442. The number of morpholine rings is 1. The summed E-state index contributed by atoms with van der Waals surface area (Å²) in [6.07, 6.45) is 3.87. The number of hydrogen-bond acceptors (Lipinski definition) is 6. The molecule has 0 atom stereocenters. The summed E-state index contributed by atoms with van der Waals surface area (Å²) >= 11 is 0. The molecular formula is C21H31N5O6. The minimum Gasteiger partial charge on any atom is -0.378 e. The molecule has 0 aromatic carbocycles. The molecule has 3 saturated heterocycles. The van der Waals surface area contributed by atoms with Gasteiger partial charge in [-0.05, 0) is 19.3 Å². The average molecular weight is 450 g/mol. The lowest BCUT2D eigenvalue weighted by molar-refractivity contribution is -0.155. The van der Waals surface area contributed by atoms with Gasteiger partial charge in [-0.3, -0.25) is 24.1 Å². The number of hydrogen-bond donors (Lipinski definition) is 1. The molecule has 32 heavy (non-hydrogen) atoms. The fourth-order valence-electron chi connectivity index (χ4n) is 4.94. The predicted octanol–water partition coefficient (Wildman–Crippen LogP) is -0.839. The van der Waals surface area contributed by atoms with E-state index in [0.29, 0.717) is 71.7 Å². The smallest absolute Gasteiger partial charge is 0.325 e. The normalized spacial score (nSPS) is 23.1. The lowest BCUT2D eigenvalue weighted by Crippen LogP contribution is -2.55. The Morgan fingerprint density at radius 2 is 1.41 bits per heavy atom. The highest BCUT2D eigenvalue weighted by Crippen LogP contribution is 2.35. The number of urea groups is 1. The summed E-state index contributed by atoms with van der Waals surface area (Å²) in [6.45, 7) is 3.31. The van der Waals surface area contributed by atoms with Crippen molar-refractivity contribution in [1.82, 2.24) is 24.9 Å². The van der Waals surface area contributed by atoms with Gasteiger partial charge in [0.15, 0.2) is 0 Å². The van der Waals surface area contributed by atoms with Crippen LogP contribution in [0.4, 0.5) is 4.79 Å². The van der Waals surface area contributed by atoms with E-state index >= 15 is 0 Å². The molecule has 0 unspecified atom stereocenters. The molecule has 1 aliphatic carbocycles. The summed E-state index contributed by atoms with van der Waals surface area (Å²) in [6, 6.07) is -0.360. The number of nitrogens with zero attached hydrogens (tertiary/aromatic N) is 4. The Morgan fingerprint density at radius 1 is 0.844 bits per heavy atom. The lowest BCUT2D eigenvalue weighted by Gasteiger charge is -2.36. The molecule has 11 heteroatoms. The first-order valence-corrected chi connectivity index (χ1v) is 11.5. The fourth-order valence-corrected chi connectivity index (χ4v) is 4.94. The van der Waals surface area contributed by atoms with Crippen molar-refractivity contribution >= 4 is 29.7 Å². The minimum atomic E-state index is -0.720. The van der Waals surface area contributed by atoms with E-state index in [1.165, 1.54) is 14.7 Å². The molecule has 11 nitrogen and oxygen atoms in total. The topological polar surface area (TPSA) is 120 Å². The van der Waals surface area contributed by atoms with Crippen molar-refractivity contribution in [3.63, 3.8) is 0 Å². The Kier molecular flexibility index (Phi) is 6.63. The molecule has 0 aromatic heterocycles. The van der Waals surface area contributed by atoms with Crippen LogP contribution in [0.5, 0.6) is 0 Å². The molecule has 4 rings (SSSR count). The largest absolute Gasteiger partial charge is 0.378 e. The van der Waals surface area contributed by atoms with E-state index in [0.717, 1.165) is 12.8 Å². The molecule has 1 spiro atoms. The number of carbonyl (C=O) groups is 5. The number of amides is 6. The third kappa shape index (κ3) is 4.43. The highest BCUT2D eigenvalue weighted by Gasteiger charge is 2.52. The Bertz CT molecular complexity index is 782. The first-order valence-electron chi connectivity index (χ1n) is 11.5. The highest BCUT2D eigenvalue weighted by molar-refractivity contribution is 6.34. The van der Waals surface area contributed by atoms with E-state index in [9.17, 15) is 24.0 Å². The van der Waals surface area contributed by atoms with Gasteiger partial charge in [-0.25, -0.2) is 4.79 Å². The summed E-state index contributed by atoms with van der Waals surface area (Å²) < 4.78 is 5.21. The molecule has 0 aromatic rings. The molecule has 6 amide bonds. The molecule has 1 saturated carbocycles. The Labute approximate surface area is 187 Å². The molecular weight excluding hydrogens is 418 g/mol. The van der Waals surface area contributed by atoms with Crippen molar-refractivity contribution in [2.75, 3.05) is 59.0 Å². The van der Waals surface area contributed by atoms with Crippen LogP contribution in [0.2, 0.25) is 0 Å². The summed E-state index contributed by atoms with van der Waals surface area (Å²) in [5.74, 6) is -1.27. The number of nitrogens with one attached hydrogen (secondary N) is 1. The van der Waals surface area contributed by atoms with Crippen LogP contribution < -0.4 is 5.32 Å². The van der Waals surface area contributed by atoms with Crippen LogP contribution in [0.25, 0.3) is 0 Å². The van der Waals surface area contributed by atoms with Crippen LogP contribution in [0.3, 0.4) is 0 Å². The van der Waals surface area contributed by atoms with Crippen LogP contribution in [0.1, 0.15) is 38.5 Å². The Morgan fingerprint density at radius 3 is 2.03 bits per heavy atom. The standard InChI is InChI=1S/C21H31N5O6/c27-16(4-3-7-26-19(30)21(22-20(26)31)5-1-2-6-21)23-8-10-24(11-9-23)17(28)18(29)25-12-14-32-15-13-25/h1-15H2,(H,22,31). The molecule has 176 valence electrons. The lowest BCUT2D eigenvalue weighted by atomic mass is 9.98. The maximum absolute atomic E-state index is 12.7. The summed E-state index contributed by atoms with van der Waals surface area (Å²) in [5, 5.41) is 2.85. The zero-order valence-corrected chi connectivity index (χ0v) is 18.3. The molecule has 3 aliphatic heterocycles. The maximum atomic E-state index is 12.7. The summed E-state index contributed by atoms with van der Waals surface area (Å²) in [7, 11) is 0. The van der Waals surface area contributed by atoms with E-state index < -0.39 is 17.4 Å². The number of rotatable bonds is 4. The fraction of sp³-hybridized carbons (Fsp3) is 0.762. The summed E-state index contributed by atoms with van der Waals surface area (Å²) in [5.41, 5.74) is -0.720. The predicted molar refractivity (Wildman–Crippen MR) is 111 cm³/mol. The number of ether oxygens (including phenoxy) is 1. The van der Waals surface area contributed by atoms with E-state index in [2.05, 4.69) is 5.32 Å². The van der Waals surface area contributed by atoms with Crippen molar-refractivity contribution in [1.29, 1.82) is 0 Å². The van der Waals surface area contributed by atoms with E-state index in [4.69, 9.17) is 4.74 Å². The molecule has 1 N–H and O–H groups in total. The molecule has 4 aliphatic rings. The van der Waals surface area contributed by atoms with Gasteiger partial charge in [0.25, 0.3) is 5.91 Å². The Hall–Kier alpha value is -2.69. The second-order valence-electron chi connectivity index (χ2n) is 8.86. The van der Waals surface area contributed by atoms with Crippen molar-refractivity contribution in [3.05, 3.63) is 0 Å². The van der Waals surface area contributed by atoms with Crippen LogP contribution >= 0.6 is 0 Å². The number of imide groups is 1. The molecule has 0 radical (unpaired) electrons. The van der Waals surface area contributed by atoms with Gasteiger partial charge in [-0.15, -0.1) is 0 Å². The molecule has 3 heterocycles. The van der Waals surface area contributed by atoms with E-state index in [-0.39, 0.29) is 30.8 Å². The van der Waals surface area contributed by atoms with Gasteiger partial charge in [0.05, 0.1) is 13.2 Å². The summed E-state index contributed by atoms with van der Waals surface area (Å²) in [4.78, 5) is 68.2. The maximum Gasteiger partial charge on any atom is 0.325 e. The van der Waals surface area contributed by atoms with Gasteiger partial charge >= 0.3 is 17.8 Å². The minimum absolute atomic E-state index is 0.0701. The van der Waals surface area contributed by atoms with Crippen molar-refractivity contribution in [2.24, 2.45) is 0 Å². The van der Waals surface area contributed by atoms with Gasteiger partial charge < -0.3 is 24.8 Å². The van der Waals surface area contributed by atoms with Gasteiger partial charge in [0.1, 0.15) is 5.54 Å². The van der Waals surface area contributed by atoms with Crippen LogP contribution in [-0.4, -0.2) is 114 Å². The number of piperazine rings is 1. The zero-order valence-electron chi connectivity index (χ0n) is 18.3. The zero-order chi connectivity index (χ0) is 22.7. The first-order chi connectivity index (χ1) is 15.4. The second kappa shape index (κ2) is 9.43. The first kappa shape index (κ1) is 22.5. The van der Waals surface area contributed by atoms with Crippen LogP contribution in [0.15, 0.2) is 0 Å². The van der Waals surface area contributed by atoms with Crippen molar-refractivity contribution in [2.45, 2.75) is 44.1 Å². The van der Waals surface area contributed by atoms with Crippen molar-refractivity contribution in [3.8, 4) is 0 Å². The SMILES string of the molecule is O=C(CCCN1C(=O)NC2(CCCC2)C1=O)N1CCN(C(=O)C(=O)N2CCOCC2)CC1. The van der Waals surface area contributed by atoms with Crippen molar-refractivity contribution < 1.29 is 28.7 Å². The monoisotopic (exact) mass is 449 g/mol. The highest BCUT2D eigenvalue weighted by atomic mass is 16.5. The third-order valence-corrected chi connectivity index (χ3v) is 6.88. The van der Waals surface area contributed by atoms with E-state index in [1.807, 2.05) is 0 Å². The van der Waals surface area contributed by atoms with Crippen LogP contribution in [-0.2, 0) is 23.9 Å².